The molecule has 1 amide bonds. The number of carboxylic acid groups (broad SMARTS) is 1. The summed E-state index contributed by atoms with van der Waals surface area (Å²) in [6.07, 6.45) is 0.490. The Morgan fingerprint density at radius 2 is 2.42 bits per heavy atom. The third-order valence-electron chi connectivity index (χ3n) is 4.26. The van der Waals surface area contributed by atoms with Crippen molar-refractivity contribution in [3.8, 4) is 0 Å². The summed E-state index contributed by atoms with van der Waals surface area (Å²) >= 11 is 6.14. The Labute approximate surface area is 145 Å². The molecule has 1 unspecified atom stereocenters. The molecule has 1 aromatic rings. The van der Waals surface area contributed by atoms with Crippen LogP contribution in [0.2, 0.25) is 5.02 Å². The molecule has 1 aromatic carbocycles. The predicted molar refractivity (Wildman–Crippen MR) is 91.2 cm³/mol. The molecule has 2 rings (SSSR count). The first kappa shape index (κ1) is 18.4. The number of carbonyl (C=O) groups is 1. The number of hydrogen-bond acceptors (Lipinski definition) is 3. The summed E-state index contributed by atoms with van der Waals surface area (Å²) in [5, 5.41) is 13.4. The van der Waals surface area contributed by atoms with Gasteiger partial charge in [-0.3, -0.25) is 0 Å². The molecule has 1 heterocycles. The average molecular weight is 353 g/mol. The van der Waals surface area contributed by atoms with Crippen LogP contribution >= 0.6 is 11.6 Å². The lowest BCUT2D eigenvalue weighted by molar-refractivity contribution is -0.0100. The number of aryl methyl sites for hydroxylation is 1. The average Bonchev–Trinajstić information content (AvgIpc) is 2.57. The zero-order valence-corrected chi connectivity index (χ0v) is 14.3. The van der Waals surface area contributed by atoms with Gasteiger partial charge in [-0.15, -0.1) is 0 Å². The molecule has 1 aliphatic heterocycles. The van der Waals surface area contributed by atoms with E-state index >= 15 is 0 Å². The van der Waals surface area contributed by atoms with E-state index in [1.807, 2.05) is 25.1 Å². The zero-order valence-electron chi connectivity index (χ0n) is 13.6. The number of hydrogen-bond donors (Lipinski definition) is 1. The van der Waals surface area contributed by atoms with Crippen LogP contribution in [0.5, 0.6) is 0 Å². The molecule has 1 saturated heterocycles. The van der Waals surface area contributed by atoms with E-state index in [1.165, 1.54) is 4.90 Å². The molecular weight excluding hydrogens is 332 g/mol. The van der Waals surface area contributed by atoms with E-state index in [1.54, 1.807) is 0 Å². The van der Waals surface area contributed by atoms with Crippen LogP contribution in [0.25, 0.3) is 10.4 Å². The standard InChI is InChI=1S/C16H21ClN4O3/c1-11-4-5-13(17)9-14(11)15(24-8-6-19-20-18)12-3-2-7-21(10-12)16(22)23/h4-5,9,12,15H,2-3,6-8,10H2,1H3,(H,22,23)/t12?,15-/m1/s1. The SMILES string of the molecule is Cc1ccc(Cl)cc1[C@H](OCCN=[N+]=[N-])C1CCCN(C(=O)O)C1. The first-order chi connectivity index (χ1) is 11.5. The van der Waals surface area contributed by atoms with Gasteiger partial charge in [0.15, 0.2) is 0 Å². The Hall–Kier alpha value is -1.95. The smallest absolute Gasteiger partial charge is 0.407 e. The number of rotatable bonds is 6. The van der Waals surface area contributed by atoms with E-state index < -0.39 is 6.09 Å². The van der Waals surface area contributed by atoms with E-state index in [9.17, 15) is 9.90 Å². The minimum atomic E-state index is -0.907. The second-order valence-corrected chi connectivity index (χ2v) is 6.31. The normalized spacial score (nSPS) is 18.8. The fourth-order valence-corrected chi connectivity index (χ4v) is 3.27. The van der Waals surface area contributed by atoms with Crippen LogP contribution < -0.4 is 0 Å². The van der Waals surface area contributed by atoms with Crippen LogP contribution in [0.3, 0.4) is 0 Å². The third kappa shape index (κ3) is 4.77. The van der Waals surface area contributed by atoms with Crippen LogP contribution in [-0.4, -0.2) is 42.3 Å². The second-order valence-electron chi connectivity index (χ2n) is 5.88. The monoisotopic (exact) mass is 352 g/mol. The highest BCUT2D eigenvalue weighted by Gasteiger charge is 2.31. The third-order valence-corrected chi connectivity index (χ3v) is 4.49. The topological polar surface area (TPSA) is 98.5 Å². The quantitative estimate of drug-likeness (QED) is 0.355. The minimum absolute atomic E-state index is 0.0399. The van der Waals surface area contributed by atoms with Gasteiger partial charge in [0.05, 0.1) is 12.7 Å². The first-order valence-electron chi connectivity index (χ1n) is 7.89. The molecular formula is C16H21ClN4O3. The Bertz CT molecular complexity index is 634. The number of likely N-dealkylation sites (tertiary alicyclic amines) is 1. The van der Waals surface area contributed by atoms with E-state index in [-0.39, 0.29) is 25.2 Å². The van der Waals surface area contributed by atoms with Crippen molar-refractivity contribution in [1.29, 1.82) is 0 Å². The Morgan fingerprint density at radius 3 is 3.12 bits per heavy atom. The number of azide groups is 1. The van der Waals surface area contributed by atoms with Crippen LogP contribution in [0.4, 0.5) is 4.79 Å². The number of nitrogens with zero attached hydrogens (tertiary/aromatic N) is 4. The summed E-state index contributed by atoms with van der Waals surface area (Å²) in [5.41, 5.74) is 10.4. The summed E-state index contributed by atoms with van der Waals surface area (Å²) in [5.74, 6) is 0.0399. The van der Waals surface area contributed by atoms with Gasteiger partial charge in [0.25, 0.3) is 0 Å². The van der Waals surface area contributed by atoms with Crippen molar-refractivity contribution in [2.24, 2.45) is 11.0 Å². The molecule has 8 heteroatoms. The van der Waals surface area contributed by atoms with Crippen molar-refractivity contribution in [2.75, 3.05) is 26.2 Å². The Kier molecular flexibility index (Phi) is 6.73. The van der Waals surface area contributed by atoms with Crippen molar-refractivity contribution in [3.63, 3.8) is 0 Å². The lowest BCUT2D eigenvalue weighted by Crippen LogP contribution is -2.41. The molecule has 0 saturated carbocycles. The number of ether oxygens (including phenoxy) is 1. The van der Waals surface area contributed by atoms with Gasteiger partial charge in [-0.25, -0.2) is 4.79 Å². The van der Waals surface area contributed by atoms with Gasteiger partial charge in [-0.1, -0.05) is 22.8 Å². The molecule has 130 valence electrons. The zero-order chi connectivity index (χ0) is 17.5. The van der Waals surface area contributed by atoms with Gasteiger partial charge >= 0.3 is 6.09 Å². The number of amides is 1. The number of benzene rings is 1. The van der Waals surface area contributed by atoms with Crippen LogP contribution in [0.1, 0.15) is 30.1 Å². The van der Waals surface area contributed by atoms with Crippen molar-refractivity contribution in [1.82, 2.24) is 4.90 Å². The van der Waals surface area contributed by atoms with Gasteiger partial charge in [-0.2, -0.15) is 0 Å². The summed E-state index contributed by atoms with van der Waals surface area (Å²) in [6.45, 7) is 3.47. The van der Waals surface area contributed by atoms with Gasteiger partial charge in [0.2, 0.25) is 0 Å². The van der Waals surface area contributed by atoms with E-state index in [4.69, 9.17) is 21.9 Å². The van der Waals surface area contributed by atoms with Crippen molar-refractivity contribution in [2.45, 2.75) is 25.9 Å². The van der Waals surface area contributed by atoms with Crippen LogP contribution in [0, 0.1) is 12.8 Å². The fourth-order valence-electron chi connectivity index (χ4n) is 3.09. The maximum atomic E-state index is 11.3. The maximum absolute atomic E-state index is 11.3. The number of piperidine rings is 1. The second kappa shape index (κ2) is 8.78. The summed E-state index contributed by atoms with van der Waals surface area (Å²) < 4.78 is 5.99. The fraction of sp³-hybridized carbons (Fsp3) is 0.562. The van der Waals surface area contributed by atoms with Crippen molar-refractivity contribution in [3.05, 3.63) is 44.8 Å². The molecule has 2 atom stereocenters. The lowest BCUT2D eigenvalue weighted by Gasteiger charge is -2.36. The lowest BCUT2D eigenvalue weighted by atomic mass is 9.87. The molecule has 0 spiro atoms. The Balaban J connectivity index is 2.22. The number of halogens is 1. The maximum Gasteiger partial charge on any atom is 0.407 e. The molecule has 1 fully saturated rings. The minimum Gasteiger partial charge on any atom is -0.465 e. The molecule has 0 radical (unpaired) electrons. The van der Waals surface area contributed by atoms with E-state index in [0.29, 0.717) is 18.1 Å². The molecule has 0 bridgehead atoms. The summed E-state index contributed by atoms with van der Waals surface area (Å²) in [4.78, 5) is 15.4. The molecule has 0 aromatic heterocycles. The molecule has 7 nitrogen and oxygen atoms in total. The highest BCUT2D eigenvalue weighted by atomic mass is 35.5. The highest BCUT2D eigenvalue weighted by Crippen LogP contribution is 2.35. The van der Waals surface area contributed by atoms with Gasteiger partial charge < -0.3 is 14.7 Å². The largest absolute Gasteiger partial charge is 0.465 e. The van der Waals surface area contributed by atoms with Crippen LogP contribution in [-0.2, 0) is 4.74 Å². The summed E-state index contributed by atoms with van der Waals surface area (Å²) in [6, 6.07) is 5.62. The van der Waals surface area contributed by atoms with Crippen LogP contribution in [0.15, 0.2) is 23.3 Å². The van der Waals surface area contributed by atoms with Gasteiger partial charge in [-0.05, 0) is 48.6 Å². The summed E-state index contributed by atoms with van der Waals surface area (Å²) in [7, 11) is 0. The van der Waals surface area contributed by atoms with Gasteiger partial charge in [0, 0.05) is 35.5 Å². The Morgan fingerprint density at radius 1 is 1.62 bits per heavy atom. The highest BCUT2D eigenvalue weighted by molar-refractivity contribution is 6.30. The predicted octanol–water partition coefficient (Wildman–Crippen LogP) is 4.41. The van der Waals surface area contributed by atoms with Crippen molar-refractivity contribution >= 4 is 17.7 Å². The van der Waals surface area contributed by atoms with E-state index in [0.717, 1.165) is 24.0 Å². The van der Waals surface area contributed by atoms with Crippen molar-refractivity contribution < 1.29 is 14.6 Å². The molecule has 24 heavy (non-hydrogen) atoms. The van der Waals surface area contributed by atoms with E-state index in [2.05, 4.69) is 10.0 Å². The van der Waals surface area contributed by atoms with Gasteiger partial charge in [0.1, 0.15) is 0 Å². The molecule has 1 aliphatic rings. The molecule has 0 aliphatic carbocycles. The first-order valence-corrected chi connectivity index (χ1v) is 8.27. The molecule has 1 N–H and O–H groups in total.